The first-order valence-electron chi connectivity index (χ1n) is 6.22. The van der Waals surface area contributed by atoms with Gasteiger partial charge in [0.2, 0.25) is 0 Å². The van der Waals surface area contributed by atoms with E-state index in [-0.39, 0.29) is 11.9 Å². The predicted molar refractivity (Wildman–Crippen MR) is 75.3 cm³/mol. The van der Waals surface area contributed by atoms with Crippen molar-refractivity contribution in [3.8, 4) is 0 Å². The molecule has 0 radical (unpaired) electrons. The van der Waals surface area contributed by atoms with Crippen molar-refractivity contribution in [2.75, 3.05) is 0 Å². The van der Waals surface area contributed by atoms with E-state index in [2.05, 4.69) is 5.10 Å². The molecule has 1 heterocycles. The fraction of sp³-hybridized carbons (Fsp3) is 0.133. The highest BCUT2D eigenvalue weighted by atomic mass is 35.5. The van der Waals surface area contributed by atoms with E-state index in [9.17, 15) is 13.2 Å². The van der Waals surface area contributed by atoms with Crippen molar-refractivity contribution in [3.63, 3.8) is 0 Å². The van der Waals surface area contributed by atoms with E-state index < -0.39 is 11.9 Å². The van der Waals surface area contributed by atoms with E-state index in [0.29, 0.717) is 10.5 Å². The molecular formula is C15H10ClF3N2. The molecule has 0 saturated carbocycles. The lowest BCUT2D eigenvalue weighted by Gasteiger charge is -2.04. The highest BCUT2D eigenvalue weighted by Gasteiger charge is 2.36. The zero-order valence-corrected chi connectivity index (χ0v) is 11.5. The number of alkyl halides is 3. The van der Waals surface area contributed by atoms with Crippen LogP contribution in [0.2, 0.25) is 5.02 Å². The maximum Gasteiger partial charge on any atom is 0.435 e. The highest BCUT2D eigenvalue weighted by Crippen LogP contribution is 2.34. The Kier molecular flexibility index (Phi) is 3.37. The molecule has 108 valence electrons. The third kappa shape index (κ3) is 2.74. The molecule has 0 bridgehead atoms. The van der Waals surface area contributed by atoms with Crippen LogP contribution in [0.25, 0.3) is 10.9 Å². The van der Waals surface area contributed by atoms with Crippen LogP contribution in [0.1, 0.15) is 11.3 Å². The summed E-state index contributed by atoms with van der Waals surface area (Å²) in [5.74, 6) is 0. The smallest absolute Gasteiger partial charge is 0.260 e. The molecule has 0 aliphatic carbocycles. The van der Waals surface area contributed by atoms with Crippen LogP contribution in [0.4, 0.5) is 13.2 Å². The molecule has 0 spiro atoms. The first kappa shape index (κ1) is 13.9. The third-order valence-electron chi connectivity index (χ3n) is 3.17. The Labute approximate surface area is 123 Å². The number of nitrogens with zero attached hydrogens (tertiary/aromatic N) is 2. The van der Waals surface area contributed by atoms with Crippen molar-refractivity contribution in [1.29, 1.82) is 0 Å². The van der Waals surface area contributed by atoms with Crippen molar-refractivity contribution in [2.24, 2.45) is 0 Å². The molecule has 1 aromatic heterocycles. The highest BCUT2D eigenvalue weighted by molar-refractivity contribution is 6.30. The maximum absolute atomic E-state index is 13.0. The van der Waals surface area contributed by atoms with Crippen LogP contribution in [0.15, 0.2) is 48.5 Å². The summed E-state index contributed by atoms with van der Waals surface area (Å²) < 4.78 is 40.5. The second kappa shape index (κ2) is 5.07. The van der Waals surface area contributed by atoms with E-state index >= 15 is 0 Å². The Morgan fingerprint density at radius 3 is 2.33 bits per heavy atom. The summed E-state index contributed by atoms with van der Waals surface area (Å²) in [6.07, 6.45) is -4.47. The van der Waals surface area contributed by atoms with Gasteiger partial charge in [-0.05, 0) is 23.8 Å². The van der Waals surface area contributed by atoms with Gasteiger partial charge < -0.3 is 0 Å². The molecule has 0 N–H and O–H groups in total. The molecule has 0 atom stereocenters. The normalized spacial score (nSPS) is 12.0. The maximum atomic E-state index is 13.0. The van der Waals surface area contributed by atoms with E-state index in [4.69, 9.17) is 11.6 Å². The Bertz CT molecular complexity index is 776. The molecule has 0 unspecified atom stereocenters. The number of rotatable bonds is 2. The largest absolute Gasteiger partial charge is 0.435 e. The molecule has 0 fully saturated rings. The van der Waals surface area contributed by atoms with Gasteiger partial charge in [-0.2, -0.15) is 18.3 Å². The van der Waals surface area contributed by atoms with E-state index in [0.717, 1.165) is 5.56 Å². The number of aromatic nitrogens is 2. The Morgan fingerprint density at radius 2 is 1.67 bits per heavy atom. The van der Waals surface area contributed by atoms with Crippen LogP contribution in [0.5, 0.6) is 0 Å². The Balaban J connectivity index is 2.08. The zero-order valence-electron chi connectivity index (χ0n) is 10.7. The van der Waals surface area contributed by atoms with Crippen molar-refractivity contribution < 1.29 is 13.2 Å². The van der Waals surface area contributed by atoms with E-state index in [1.54, 1.807) is 42.5 Å². The van der Waals surface area contributed by atoms with Crippen LogP contribution in [-0.2, 0) is 12.7 Å². The van der Waals surface area contributed by atoms with Crippen LogP contribution in [0.3, 0.4) is 0 Å². The van der Waals surface area contributed by atoms with E-state index in [1.165, 1.54) is 10.7 Å². The molecule has 0 amide bonds. The lowest BCUT2D eigenvalue weighted by atomic mass is 10.2. The number of hydrogen-bond donors (Lipinski definition) is 0. The Hall–Kier alpha value is -2.01. The van der Waals surface area contributed by atoms with Gasteiger partial charge in [0, 0.05) is 10.4 Å². The zero-order chi connectivity index (χ0) is 15.0. The summed E-state index contributed by atoms with van der Waals surface area (Å²) in [5.41, 5.74) is 0.438. The first-order chi connectivity index (χ1) is 9.95. The fourth-order valence-electron chi connectivity index (χ4n) is 2.22. The van der Waals surface area contributed by atoms with E-state index in [1.807, 2.05) is 0 Å². The van der Waals surface area contributed by atoms with Gasteiger partial charge in [0.25, 0.3) is 0 Å². The monoisotopic (exact) mass is 310 g/mol. The molecule has 6 heteroatoms. The van der Waals surface area contributed by atoms with Crippen LogP contribution < -0.4 is 0 Å². The molecule has 0 aliphatic rings. The standard InChI is InChI=1S/C15H10ClF3N2/c16-11-7-5-10(6-8-11)9-21-13-4-2-1-3-12(13)14(20-21)15(17,18)19/h1-8H,9H2. The molecule has 21 heavy (non-hydrogen) atoms. The topological polar surface area (TPSA) is 17.8 Å². The average Bonchev–Trinajstić information content (AvgIpc) is 2.81. The minimum absolute atomic E-state index is 0.110. The van der Waals surface area contributed by atoms with Gasteiger partial charge in [0.15, 0.2) is 5.69 Å². The molecule has 0 aliphatic heterocycles. The van der Waals surface area contributed by atoms with Gasteiger partial charge in [-0.15, -0.1) is 0 Å². The lowest BCUT2D eigenvalue weighted by Crippen LogP contribution is -2.08. The van der Waals surface area contributed by atoms with Crippen LogP contribution in [0, 0.1) is 0 Å². The van der Waals surface area contributed by atoms with Crippen LogP contribution >= 0.6 is 11.6 Å². The van der Waals surface area contributed by atoms with Gasteiger partial charge in [-0.1, -0.05) is 41.9 Å². The quantitative estimate of drug-likeness (QED) is 0.667. The number of hydrogen-bond acceptors (Lipinski definition) is 1. The number of benzene rings is 2. The number of halogens is 4. The van der Waals surface area contributed by atoms with Gasteiger partial charge in [0.1, 0.15) is 0 Å². The van der Waals surface area contributed by atoms with Gasteiger partial charge in [-0.3, -0.25) is 4.68 Å². The van der Waals surface area contributed by atoms with Gasteiger partial charge >= 0.3 is 6.18 Å². The average molecular weight is 311 g/mol. The Morgan fingerprint density at radius 1 is 1.00 bits per heavy atom. The summed E-state index contributed by atoms with van der Waals surface area (Å²) >= 11 is 5.80. The van der Waals surface area contributed by atoms with Gasteiger partial charge in [0.05, 0.1) is 12.1 Å². The number of fused-ring (bicyclic) bond motifs is 1. The SMILES string of the molecule is FC(F)(F)c1nn(Cc2ccc(Cl)cc2)c2ccccc12. The number of para-hydroxylation sites is 1. The third-order valence-corrected chi connectivity index (χ3v) is 3.42. The summed E-state index contributed by atoms with van der Waals surface area (Å²) in [6, 6.07) is 13.3. The molecule has 0 saturated heterocycles. The summed E-state index contributed by atoms with van der Waals surface area (Å²) in [7, 11) is 0. The molecule has 3 aromatic rings. The second-order valence-electron chi connectivity index (χ2n) is 4.65. The van der Waals surface area contributed by atoms with Gasteiger partial charge in [-0.25, -0.2) is 0 Å². The van der Waals surface area contributed by atoms with Crippen LogP contribution in [-0.4, -0.2) is 9.78 Å². The summed E-state index contributed by atoms with van der Waals surface area (Å²) in [4.78, 5) is 0. The van der Waals surface area contributed by atoms with Crippen molar-refractivity contribution in [1.82, 2.24) is 9.78 Å². The molecule has 3 rings (SSSR count). The molecule has 2 aromatic carbocycles. The van der Waals surface area contributed by atoms with Crippen molar-refractivity contribution >= 4 is 22.5 Å². The minimum atomic E-state index is -4.47. The van der Waals surface area contributed by atoms with Crippen molar-refractivity contribution in [2.45, 2.75) is 12.7 Å². The predicted octanol–water partition coefficient (Wildman–Crippen LogP) is 4.76. The first-order valence-corrected chi connectivity index (χ1v) is 6.60. The molecular weight excluding hydrogens is 301 g/mol. The summed E-state index contributed by atoms with van der Waals surface area (Å²) in [5, 5.41) is 4.43. The lowest BCUT2D eigenvalue weighted by molar-refractivity contribution is -0.140. The van der Waals surface area contributed by atoms with Crippen molar-refractivity contribution in [3.05, 3.63) is 64.8 Å². The second-order valence-corrected chi connectivity index (χ2v) is 5.08. The molecule has 2 nitrogen and oxygen atoms in total. The summed E-state index contributed by atoms with van der Waals surface area (Å²) in [6.45, 7) is 0.258. The fourth-order valence-corrected chi connectivity index (χ4v) is 2.35. The minimum Gasteiger partial charge on any atom is -0.260 e.